The van der Waals surface area contributed by atoms with Crippen LogP contribution in [0.15, 0.2) is 48.8 Å². The zero-order valence-electron chi connectivity index (χ0n) is 11.6. The molecule has 2 rings (SSSR count). The molecule has 0 aliphatic carbocycles. The Morgan fingerprint density at radius 2 is 2.00 bits per heavy atom. The molecule has 1 aromatic carbocycles. The van der Waals surface area contributed by atoms with Crippen LogP contribution >= 0.6 is 0 Å². The van der Waals surface area contributed by atoms with Gasteiger partial charge < -0.3 is 10.6 Å². The maximum atomic E-state index is 12.6. The van der Waals surface area contributed by atoms with Crippen molar-refractivity contribution in [1.82, 2.24) is 4.98 Å². The van der Waals surface area contributed by atoms with Gasteiger partial charge in [-0.1, -0.05) is 19.1 Å². The van der Waals surface area contributed by atoms with Crippen molar-refractivity contribution in [2.24, 2.45) is 5.73 Å². The molecule has 4 heteroatoms. The Balaban J connectivity index is 2.28. The first-order chi connectivity index (χ1) is 9.76. The van der Waals surface area contributed by atoms with E-state index >= 15 is 0 Å². The lowest BCUT2D eigenvalue weighted by atomic mass is 10.1. The SMILES string of the molecule is CCCN(C(=O)c1cccnc1)c1ccc(CN)cc1. The summed E-state index contributed by atoms with van der Waals surface area (Å²) >= 11 is 0. The first kappa shape index (κ1) is 14.2. The normalized spacial score (nSPS) is 10.3. The number of nitrogens with two attached hydrogens (primary N) is 1. The van der Waals surface area contributed by atoms with E-state index in [0.717, 1.165) is 17.7 Å². The van der Waals surface area contributed by atoms with Gasteiger partial charge in [-0.3, -0.25) is 9.78 Å². The van der Waals surface area contributed by atoms with Gasteiger partial charge in [-0.2, -0.15) is 0 Å². The van der Waals surface area contributed by atoms with Gasteiger partial charge in [0.2, 0.25) is 0 Å². The predicted octanol–water partition coefficient (Wildman–Crippen LogP) is 2.60. The van der Waals surface area contributed by atoms with Gasteiger partial charge in [0, 0.05) is 31.2 Å². The van der Waals surface area contributed by atoms with Crippen LogP contribution in [-0.2, 0) is 6.54 Å². The van der Waals surface area contributed by atoms with E-state index < -0.39 is 0 Å². The molecule has 0 saturated heterocycles. The van der Waals surface area contributed by atoms with Crippen LogP contribution in [0.5, 0.6) is 0 Å². The van der Waals surface area contributed by atoms with Crippen LogP contribution in [0.1, 0.15) is 29.3 Å². The summed E-state index contributed by atoms with van der Waals surface area (Å²) in [5.41, 5.74) is 8.14. The van der Waals surface area contributed by atoms with Crippen molar-refractivity contribution in [1.29, 1.82) is 0 Å². The average Bonchev–Trinajstić information content (AvgIpc) is 2.53. The second-order valence-corrected chi connectivity index (χ2v) is 4.57. The van der Waals surface area contributed by atoms with E-state index in [-0.39, 0.29) is 5.91 Å². The van der Waals surface area contributed by atoms with Crippen LogP contribution in [0.25, 0.3) is 0 Å². The summed E-state index contributed by atoms with van der Waals surface area (Å²) in [5, 5.41) is 0. The molecule has 0 radical (unpaired) electrons. The Morgan fingerprint density at radius 1 is 1.25 bits per heavy atom. The van der Waals surface area contributed by atoms with Crippen LogP contribution in [0.4, 0.5) is 5.69 Å². The summed E-state index contributed by atoms with van der Waals surface area (Å²) in [4.78, 5) is 18.3. The minimum absolute atomic E-state index is 0.0274. The molecule has 0 aliphatic heterocycles. The second-order valence-electron chi connectivity index (χ2n) is 4.57. The molecule has 0 saturated carbocycles. The molecular formula is C16H19N3O. The Labute approximate surface area is 119 Å². The standard InChI is InChI=1S/C16H19N3O/c1-2-10-19(15-7-5-13(11-17)6-8-15)16(20)14-4-3-9-18-12-14/h3-9,12H,2,10-11,17H2,1H3. The number of nitrogens with zero attached hydrogens (tertiary/aromatic N) is 2. The van der Waals surface area contributed by atoms with E-state index in [1.165, 1.54) is 0 Å². The lowest BCUT2D eigenvalue weighted by Gasteiger charge is -2.22. The van der Waals surface area contributed by atoms with E-state index in [9.17, 15) is 4.79 Å². The molecular weight excluding hydrogens is 250 g/mol. The fourth-order valence-corrected chi connectivity index (χ4v) is 2.03. The van der Waals surface area contributed by atoms with Crippen molar-refractivity contribution in [2.75, 3.05) is 11.4 Å². The highest BCUT2D eigenvalue weighted by molar-refractivity contribution is 6.05. The van der Waals surface area contributed by atoms with Crippen molar-refractivity contribution in [3.05, 3.63) is 59.9 Å². The Morgan fingerprint density at radius 3 is 2.55 bits per heavy atom. The van der Waals surface area contributed by atoms with Crippen LogP contribution < -0.4 is 10.6 Å². The number of pyridine rings is 1. The third-order valence-electron chi connectivity index (χ3n) is 3.08. The molecule has 0 bridgehead atoms. The van der Waals surface area contributed by atoms with Gasteiger partial charge in [0.05, 0.1) is 5.56 Å². The van der Waals surface area contributed by atoms with Crippen molar-refractivity contribution < 1.29 is 4.79 Å². The van der Waals surface area contributed by atoms with Crippen molar-refractivity contribution in [3.8, 4) is 0 Å². The van der Waals surface area contributed by atoms with Gasteiger partial charge in [0.1, 0.15) is 0 Å². The Bertz CT molecular complexity index is 552. The molecule has 1 heterocycles. The summed E-state index contributed by atoms with van der Waals surface area (Å²) in [6.07, 6.45) is 4.15. The lowest BCUT2D eigenvalue weighted by Crippen LogP contribution is -2.31. The minimum Gasteiger partial charge on any atom is -0.326 e. The number of amides is 1. The molecule has 0 fully saturated rings. The number of aromatic nitrogens is 1. The number of hydrogen-bond donors (Lipinski definition) is 1. The number of rotatable bonds is 5. The maximum Gasteiger partial charge on any atom is 0.259 e. The quantitative estimate of drug-likeness (QED) is 0.907. The number of benzene rings is 1. The van der Waals surface area contributed by atoms with Crippen LogP contribution in [-0.4, -0.2) is 17.4 Å². The monoisotopic (exact) mass is 269 g/mol. The van der Waals surface area contributed by atoms with E-state index in [0.29, 0.717) is 18.7 Å². The zero-order valence-corrected chi connectivity index (χ0v) is 11.6. The summed E-state index contributed by atoms with van der Waals surface area (Å²) < 4.78 is 0. The van der Waals surface area contributed by atoms with E-state index in [2.05, 4.69) is 11.9 Å². The van der Waals surface area contributed by atoms with Crippen LogP contribution in [0.3, 0.4) is 0 Å². The second kappa shape index (κ2) is 6.82. The van der Waals surface area contributed by atoms with E-state index in [4.69, 9.17) is 5.73 Å². The number of carbonyl (C=O) groups is 1. The molecule has 4 nitrogen and oxygen atoms in total. The van der Waals surface area contributed by atoms with Gasteiger partial charge in [-0.25, -0.2) is 0 Å². The highest BCUT2D eigenvalue weighted by Crippen LogP contribution is 2.18. The van der Waals surface area contributed by atoms with Gasteiger partial charge in [-0.05, 0) is 36.2 Å². The summed E-state index contributed by atoms with van der Waals surface area (Å²) in [6, 6.07) is 11.3. The smallest absolute Gasteiger partial charge is 0.259 e. The predicted molar refractivity (Wildman–Crippen MR) is 80.5 cm³/mol. The molecule has 0 aliphatic rings. The molecule has 0 spiro atoms. The summed E-state index contributed by atoms with van der Waals surface area (Å²) in [5.74, 6) is -0.0274. The molecule has 1 amide bonds. The fourth-order valence-electron chi connectivity index (χ4n) is 2.03. The Hall–Kier alpha value is -2.20. The largest absolute Gasteiger partial charge is 0.326 e. The van der Waals surface area contributed by atoms with Gasteiger partial charge in [0.15, 0.2) is 0 Å². The molecule has 2 aromatic rings. The molecule has 104 valence electrons. The van der Waals surface area contributed by atoms with Crippen LogP contribution in [0.2, 0.25) is 0 Å². The topological polar surface area (TPSA) is 59.2 Å². The first-order valence-electron chi connectivity index (χ1n) is 6.77. The highest BCUT2D eigenvalue weighted by Gasteiger charge is 2.16. The van der Waals surface area contributed by atoms with Gasteiger partial charge >= 0.3 is 0 Å². The summed E-state index contributed by atoms with van der Waals surface area (Å²) in [6.45, 7) is 3.23. The lowest BCUT2D eigenvalue weighted by molar-refractivity contribution is 0.0986. The highest BCUT2D eigenvalue weighted by atomic mass is 16.2. The van der Waals surface area contributed by atoms with Crippen LogP contribution in [0, 0.1) is 0 Å². The third-order valence-corrected chi connectivity index (χ3v) is 3.08. The number of hydrogen-bond acceptors (Lipinski definition) is 3. The average molecular weight is 269 g/mol. The Kier molecular flexibility index (Phi) is 4.85. The van der Waals surface area contributed by atoms with E-state index in [1.807, 2.05) is 24.3 Å². The maximum absolute atomic E-state index is 12.6. The van der Waals surface area contributed by atoms with Crippen molar-refractivity contribution in [3.63, 3.8) is 0 Å². The van der Waals surface area contributed by atoms with Gasteiger partial charge in [-0.15, -0.1) is 0 Å². The molecule has 2 N–H and O–H groups in total. The minimum atomic E-state index is -0.0274. The number of anilines is 1. The van der Waals surface area contributed by atoms with E-state index in [1.54, 1.807) is 29.4 Å². The first-order valence-corrected chi connectivity index (χ1v) is 6.77. The number of carbonyl (C=O) groups excluding carboxylic acids is 1. The van der Waals surface area contributed by atoms with Crippen molar-refractivity contribution >= 4 is 11.6 Å². The van der Waals surface area contributed by atoms with Gasteiger partial charge in [0.25, 0.3) is 5.91 Å². The summed E-state index contributed by atoms with van der Waals surface area (Å²) in [7, 11) is 0. The molecule has 20 heavy (non-hydrogen) atoms. The fraction of sp³-hybridized carbons (Fsp3) is 0.250. The third kappa shape index (κ3) is 3.22. The molecule has 1 aromatic heterocycles. The van der Waals surface area contributed by atoms with Crippen molar-refractivity contribution in [2.45, 2.75) is 19.9 Å². The molecule has 0 atom stereocenters. The zero-order chi connectivity index (χ0) is 14.4. The molecule has 0 unspecified atom stereocenters.